The lowest BCUT2D eigenvalue weighted by atomic mass is 10.1. The van der Waals surface area contributed by atoms with Gasteiger partial charge >= 0.3 is 0 Å². The molecule has 1 aliphatic heterocycles. The van der Waals surface area contributed by atoms with Crippen LogP contribution < -0.4 is 5.32 Å². The molecule has 0 radical (unpaired) electrons. The highest BCUT2D eigenvalue weighted by atomic mass is 19.2. The van der Waals surface area contributed by atoms with Crippen LogP contribution in [0.4, 0.5) is 14.5 Å². The van der Waals surface area contributed by atoms with E-state index in [0.29, 0.717) is 5.57 Å². The topological polar surface area (TPSA) is 41.5 Å². The van der Waals surface area contributed by atoms with Gasteiger partial charge in [-0.25, -0.2) is 8.78 Å². The second kappa shape index (κ2) is 8.87. The molecule has 1 unspecified atom stereocenters. The Hall–Kier alpha value is -2.82. The number of carbonyl (C=O) groups is 1. The predicted molar refractivity (Wildman–Crippen MR) is 97.7 cm³/mol. The number of hydrogen-bond donors (Lipinski definition) is 1. The fourth-order valence-corrected chi connectivity index (χ4v) is 2.25. The van der Waals surface area contributed by atoms with Crippen molar-refractivity contribution in [2.75, 3.05) is 5.32 Å². The monoisotopic (exact) mass is 342 g/mol. The SMILES string of the molecule is C/C=C(\C=C/CC)C1C=CC=C(C(=O)Nc2ccc(F)c(F)c2)C=N1. The van der Waals surface area contributed by atoms with Crippen LogP contribution in [-0.2, 0) is 4.79 Å². The number of aliphatic imine (C=N–C) groups is 1. The van der Waals surface area contributed by atoms with E-state index >= 15 is 0 Å². The molecule has 25 heavy (non-hydrogen) atoms. The highest BCUT2D eigenvalue weighted by molar-refractivity contribution is 6.18. The Morgan fingerprint density at radius 2 is 2.12 bits per heavy atom. The van der Waals surface area contributed by atoms with E-state index in [4.69, 9.17) is 0 Å². The van der Waals surface area contributed by atoms with Crippen molar-refractivity contribution < 1.29 is 13.6 Å². The van der Waals surface area contributed by atoms with Crippen molar-refractivity contribution in [2.45, 2.75) is 26.3 Å². The molecule has 1 aromatic rings. The van der Waals surface area contributed by atoms with Gasteiger partial charge in [0, 0.05) is 18.0 Å². The maximum absolute atomic E-state index is 13.2. The minimum Gasteiger partial charge on any atom is -0.322 e. The summed E-state index contributed by atoms with van der Waals surface area (Å²) in [5.74, 6) is -2.41. The zero-order chi connectivity index (χ0) is 18.2. The number of nitrogens with one attached hydrogen (secondary N) is 1. The number of carbonyl (C=O) groups excluding carboxylic acids is 1. The Labute approximate surface area is 146 Å². The second-order valence-electron chi connectivity index (χ2n) is 5.41. The minimum atomic E-state index is -1.01. The fourth-order valence-electron chi connectivity index (χ4n) is 2.25. The van der Waals surface area contributed by atoms with Gasteiger partial charge in [0.2, 0.25) is 0 Å². The summed E-state index contributed by atoms with van der Waals surface area (Å²) in [5, 5.41) is 2.53. The van der Waals surface area contributed by atoms with E-state index in [1.807, 2.05) is 31.2 Å². The number of anilines is 1. The summed E-state index contributed by atoms with van der Waals surface area (Å²) >= 11 is 0. The van der Waals surface area contributed by atoms with Crippen LogP contribution in [0.5, 0.6) is 0 Å². The van der Waals surface area contributed by atoms with Crippen molar-refractivity contribution in [1.82, 2.24) is 0 Å². The van der Waals surface area contributed by atoms with E-state index in [9.17, 15) is 13.6 Å². The summed E-state index contributed by atoms with van der Waals surface area (Å²) in [6, 6.07) is 3.04. The van der Waals surface area contributed by atoms with Crippen LogP contribution in [0.15, 0.2) is 70.8 Å². The first-order chi connectivity index (χ1) is 12.0. The highest BCUT2D eigenvalue weighted by Crippen LogP contribution is 2.16. The van der Waals surface area contributed by atoms with E-state index in [-0.39, 0.29) is 11.7 Å². The standard InChI is InChI=1S/C20H20F2N2O/c1-3-5-7-14(4-2)19-9-6-8-15(13-23-19)20(25)24-16-10-11-17(21)18(22)12-16/h4-13,19H,3H2,1-2H3,(H,24,25)/b7-5-,14-4+. The number of nitrogens with zero attached hydrogens (tertiary/aromatic N) is 1. The molecule has 0 spiro atoms. The number of rotatable bonds is 5. The zero-order valence-electron chi connectivity index (χ0n) is 14.2. The molecule has 1 N–H and O–H groups in total. The first kappa shape index (κ1) is 18.5. The van der Waals surface area contributed by atoms with Crippen molar-refractivity contribution in [3.8, 4) is 0 Å². The summed E-state index contributed by atoms with van der Waals surface area (Å²) in [4.78, 5) is 16.7. The lowest BCUT2D eigenvalue weighted by Gasteiger charge is -2.08. The van der Waals surface area contributed by atoms with Gasteiger partial charge in [-0.3, -0.25) is 9.79 Å². The Bertz CT molecular complexity index is 789. The van der Waals surface area contributed by atoms with Gasteiger partial charge in [-0.15, -0.1) is 0 Å². The molecule has 1 amide bonds. The van der Waals surface area contributed by atoms with Crippen molar-refractivity contribution in [3.63, 3.8) is 0 Å². The molecular formula is C20H20F2N2O. The summed E-state index contributed by atoms with van der Waals surface area (Å²) in [6.45, 7) is 3.99. The van der Waals surface area contributed by atoms with E-state index in [0.717, 1.165) is 24.1 Å². The third-order valence-corrected chi connectivity index (χ3v) is 3.60. The van der Waals surface area contributed by atoms with Gasteiger partial charge in [0.15, 0.2) is 11.6 Å². The molecule has 0 fully saturated rings. The summed E-state index contributed by atoms with van der Waals surface area (Å²) in [7, 11) is 0. The van der Waals surface area contributed by atoms with Gasteiger partial charge in [0.25, 0.3) is 5.91 Å². The van der Waals surface area contributed by atoms with Crippen LogP contribution in [0.1, 0.15) is 20.3 Å². The number of amides is 1. The van der Waals surface area contributed by atoms with Crippen LogP contribution in [0.2, 0.25) is 0 Å². The average molecular weight is 342 g/mol. The summed E-state index contributed by atoms with van der Waals surface area (Å²) < 4.78 is 26.2. The van der Waals surface area contributed by atoms with Crippen molar-refractivity contribution in [2.24, 2.45) is 4.99 Å². The highest BCUT2D eigenvalue weighted by Gasteiger charge is 2.13. The molecule has 1 atom stereocenters. The second-order valence-corrected chi connectivity index (χ2v) is 5.41. The van der Waals surface area contributed by atoms with Crippen LogP contribution in [0.3, 0.4) is 0 Å². The van der Waals surface area contributed by atoms with Crippen LogP contribution >= 0.6 is 0 Å². The number of hydrogen-bond acceptors (Lipinski definition) is 2. The average Bonchev–Trinajstić information content (AvgIpc) is 2.85. The molecule has 1 aromatic carbocycles. The largest absolute Gasteiger partial charge is 0.322 e. The van der Waals surface area contributed by atoms with E-state index in [2.05, 4.69) is 17.2 Å². The Kier molecular flexibility index (Phi) is 6.57. The van der Waals surface area contributed by atoms with Gasteiger partial charge in [0.05, 0.1) is 11.6 Å². The van der Waals surface area contributed by atoms with Crippen molar-refractivity contribution in [3.05, 3.63) is 77.4 Å². The maximum Gasteiger partial charge on any atom is 0.257 e. The van der Waals surface area contributed by atoms with E-state index < -0.39 is 17.5 Å². The molecule has 1 aliphatic rings. The van der Waals surface area contributed by atoms with Crippen molar-refractivity contribution >= 4 is 17.8 Å². The molecule has 130 valence electrons. The zero-order valence-corrected chi connectivity index (χ0v) is 14.2. The quantitative estimate of drug-likeness (QED) is 0.771. The molecule has 1 heterocycles. The molecular weight excluding hydrogens is 322 g/mol. The molecule has 0 saturated carbocycles. The molecule has 2 rings (SSSR count). The number of allylic oxidation sites excluding steroid dienone is 4. The number of halogens is 2. The Morgan fingerprint density at radius 1 is 1.32 bits per heavy atom. The maximum atomic E-state index is 13.2. The third kappa shape index (κ3) is 5.08. The van der Waals surface area contributed by atoms with Crippen LogP contribution in [-0.4, -0.2) is 18.2 Å². The van der Waals surface area contributed by atoms with Gasteiger partial charge in [-0.1, -0.05) is 37.3 Å². The molecule has 0 aliphatic carbocycles. The minimum absolute atomic E-state index is 0.169. The van der Waals surface area contributed by atoms with Gasteiger partial charge < -0.3 is 5.32 Å². The Balaban J connectivity index is 2.10. The Morgan fingerprint density at radius 3 is 2.80 bits per heavy atom. The lowest BCUT2D eigenvalue weighted by Crippen LogP contribution is -2.15. The summed E-state index contributed by atoms with van der Waals surface area (Å²) in [6.07, 6.45) is 13.7. The predicted octanol–water partition coefficient (Wildman–Crippen LogP) is 4.75. The summed E-state index contributed by atoms with van der Waals surface area (Å²) in [5.41, 5.74) is 1.55. The molecule has 3 nitrogen and oxygen atoms in total. The van der Waals surface area contributed by atoms with Crippen LogP contribution in [0, 0.1) is 11.6 Å². The van der Waals surface area contributed by atoms with Crippen molar-refractivity contribution in [1.29, 1.82) is 0 Å². The number of benzene rings is 1. The smallest absolute Gasteiger partial charge is 0.257 e. The van der Waals surface area contributed by atoms with E-state index in [1.54, 1.807) is 12.2 Å². The van der Waals surface area contributed by atoms with Gasteiger partial charge in [0.1, 0.15) is 0 Å². The lowest BCUT2D eigenvalue weighted by molar-refractivity contribution is -0.112. The third-order valence-electron chi connectivity index (χ3n) is 3.60. The first-order valence-corrected chi connectivity index (χ1v) is 8.06. The van der Waals surface area contributed by atoms with Gasteiger partial charge in [-0.2, -0.15) is 0 Å². The van der Waals surface area contributed by atoms with E-state index in [1.165, 1.54) is 12.3 Å². The fraction of sp³-hybridized carbons (Fsp3) is 0.200. The molecule has 0 aromatic heterocycles. The normalized spacial score (nSPS) is 17.5. The first-order valence-electron chi connectivity index (χ1n) is 8.06. The molecule has 0 bridgehead atoms. The molecule has 5 heteroatoms. The van der Waals surface area contributed by atoms with Gasteiger partial charge in [-0.05, 0) is 37.1 Å². The molecule has 0 saturated heterocycles. The van der Waals surface area contributed by atoms with Crippen LogP contribution in [0.25, 0.3) is 0 Å².